The second kappa shape index (κ2) is 13.0. The molecular formula is C30H34F4N2O4. The van der Waals surface area contributed by atoms with Crippen molar-refractivity contribution in [1.29, 1.82) is 0 Å². The molecule has 1 aromatic heterocycles. The van der Waals surface area contributed by atoms with Gasteiger partial charge in [-0.2, -0.15) is 0 Å². The molecule has 3 aromatic rings. The lowest BCUT2D eigenvalue weighted by molar-refractivity contribution is -0.141. The Hall–Kier alpha value is -3.24. The van der Waals surface area contributed by atoms with Crippen molar-refractivity contribution < 1.29 is 37.3 Å². The molecule has 1 saturated heterocycles. The Balaban J connectivity index is 1.41. The summed E-state index contributed by atoms with van der Waals surface area (Å²) in [5, 5.41) is 20.1. The van der Waals surface area contributed by atoms with Gasteiger partial charge in [-0.05, 0) is 93.4 Å². The topological polar surface area (TPSA) is 82.9 Å². The van der Waals surface area contributed by atoms with E-state index in [0.29, 0.717) is 79.2 Å². The first-order valence-corrected chi connectivity index (χ1v) is 13.4. The monoisotopic (exact) mass is 562 g/mol. The van der Waals surface area contributed by atoms with Gasteiger partial charge in [0.2, 0.25) is 0 Å². The number of aliphatic hydroxyl groups is 1. The van der Waals surface area contributed by atoms with Gasteiger partial charge in [0.1, 0.15) is 17.7 Å². The lowest BCUT2D eigenvalue weighted by atomic mass is 9.71. The highest BCUT2D eigenvalue weighted by Crippen LogP contribution is 2.43. The Morgan fingerprint density at radius 2 is 1.90 bits per heavy atom. The number of methoxy groups -OCH3 is 1. The van der Waals surface area contributed by atoms with Crippen LogP contribution in [-0.2, 0) is 17.8 Å². The SMILES string of the molecule is COc1ccc2ncc(CO)c([C@@H](F)CCC3(CC(=O)O)CCN(CCCc4cc(F)cc(F)c4F)CC3)c2c1. The van der Waals surface area contributed by atoms with E-state index >= 15 is 4.39 Å². The Kier molecular flexibility index (Phi) is 9.63. The molecule has 2 N–H and O–H groups in total. The van der Waals surface area contributed by atoms with E-state index in [9.17, 15) is 28.2 Å². The molecule has 40 heavy (non-hydrogen) atoms. The number of piperidine rings is 1. The van der Waals surface area contributed by atoms with E-state index in [1.807, 2.05) is 0 Å². The highest BCUT2D eigenvalue weighted by Gasteiger charge is 2.37. The Labute approximate surface area is 230 Å². The van der Waals surface area contributed by atoms with Crippen LogP contribution in [0.5, 0.6) is 5.75 Å². The van der Waals surface area contributed by atoms with Crippen molar-refractivity contribution in [2.24, 2.45) is 5.41 Å². The third kappa shape index (κ3) is 6.90. The molecule has 0 unspecified atom stereocenters. The zero-order chi connectivity index (χ0) is 28.9. The number of hydrogen-bond donors (Lipinski definition) is 2. The minimum atomic E-state index is -1.44. The number of halogens is 4. The van der Waals surface area contributed by atoms with Crippen molar-refractivity contribution in [1.82, 2.24) is 9.88 Å². The molecular weight excluding hydrogens is 528 g/mol. The number of benzene rings is 2. The highest BCUT2D eigenvalue weighted by atomic mass is 19.2. The minimum absolute atomic E-state index is 0.00720. The second-order valence-electron chi connectivity index (χ2n) is 10.6. The fourth-order valence-corrected chi connectivity index (χ4v) is 5.80. The van der Waals surface area contributed by atoms with Gasteiger partial charge in [-0.15, -0.1) is 0 Å². The van der Waals surface area contributed by atoms with E-state index in [-0.39, 0.29) is 31.4 Å². The summed E-state index contributed by atoms with van der Waals surface area (Å²) in [6, 6.07) is 6.68. The summed E-state index contributed by atoms with van der Waals surface area (Å²) in [4.78, 5) is 18.2. The molecule has 0 radical (unpaired) electrons. The predicted molar refractivity (Wildman–Crippen MR) is 142 cm³/mol. The summed E-state index contributed by atoms with van der Waals surface area (Å²) in [6.45, 7) is 1.36. The first kappa shape index (κ1) is 29.7. The van der Waals surface area contributed by atoms with Gasteiger partial charge in [0, 0.05) is 28.8 Å². The van der Waals surface area contributed by atoms with Crippen LogP contribution in [-0.4, -0.2) is 52.8 Å². The molecule has 0 saturated carbocycles. The second-order valence-corrected chi connectivity index (χ2v) is 10.6. The molecule has 2 heterocycles. The Morgan fingerprint density at radius 1 is 1.15 bits per heavy atom. The van der Waals surface area contributed by atoms with E-state index in [1.54, 1.807) is 18.2 Å². The van der Waals surface area contributed by atoms with E-state index in [1.165, 1.54) is 13.3 Å². The normalized spacial score (nSPS) is 16.2. The minimum Gasteiger partial charge on any atom is -0.497 e. The first-order chi connectivity index (χ1) is 19.1. The van der Waals surface area contributed by atoms with Crippen LogP contribution in [0.1, 0.15) is 61.4 Å². The first-order valence-electron chi connectivity index (χ1n) is 13.4. The van der Waals surface area contributed by atoms with Crippen LogP contribution in [0.2, 0.25) is 0 Å². The van der Waals surface area contributed by atoms with E-state index in [4.69, 9.17) is 4.74 Å². The molecule has 1 atom stereocenters. The molecule has 0 spiro atoms. The largest absolute Gasteiger partial charge is 0.497 e. The number of aliphatic carboxylic acids is 1. The average Bonchev–Trinajstić information content (AvgIpc) is 2.94. The number of aryl methyl sites for hydroxylation is 1. The van der Waals surface area contributed by atoms with Gasteiger partial charge >= 0.3 is 5.97 Å². The fourth-order valence-electron chi connectivity index (χ4n) is 5.80. The highest BCUT2D eigenvalue weighted by molar-refractivity contribution is 5.85. The molecule has 216 valence electrons. The van der Waals surface area contributed by atoms with Crippen molar-refractivity contribution >= 4 is 16.9 Å². The summed E-state index contributed by atoms with van der Waals surface area (Å²) in [5.41, 5.74) is 0.697. The Morgan fingerprint density at radius 3 is 2.58 bits per heavy atom. The summed E-state index contributed by atoms with van der Waals surface area (Å²) in [7, 11) is 1.51. The molecule has 0 bridgehead atoms. The molecule has 1 aliphatic heterocycles. The van der Waals surface area contributed by atoms with Crippen molar-refractivity contribution in [2.45, 2.75) is 57.7 Å². The number of likely N-dealkylation sites (tertiary alicyclic amines) is 1. The number of aliphatic hydroxyl groups excluding tert-OH is 1. The summed E-state index contributed by atoms with van der Waals surface area (Å²) in [5.74, 6) is -3.46. The molecule has 1 fully saturated rings. The van der Waals surface area contributed by atoms with Crippen molar-refractivity contribution in [3.8, 4) is 5.75 Å². The number of rotatable bonds is 12. The summed E-state index contributed by atoms with van der Waals surface area (Å²) < 4.78 is 62.1. The number of carbonyl (C=O) groups is 1. The molecule has 6 nitrogen and oxygen atoms in total. The van der Waals surface area contributed by atoms with Crippen molar-refractivity contribution in [3.63, 3.8) is 0 Å². The molecule has 4 rings (SSSR count). The summed E-state index contributed by atoms with van der Waals surface area (Å²) >= 11 is 0. The van der Waals surface area contributed by atoms with Gasteiger partial charge < -0.3 is 19.8 Å². The number of fused-ring (bicyclic) bond motifs is 1. The molecule has 2 aromatic carbocycles. The smallest absolute Gasteiger partial charge is 0.303 e. The third-order valence-corrected chi connectivity index (χ3v) is 8.04. The molecule has 0 aliphatic carbocycles. The van der Waals surface area contributed by atoms with Crippen LogP contribution >= 0.6 is 0 Å². The maximum atomic E-state index is 15.9. The van der Waals surface area contributed by atoms with Gasteiger partial charge in [0.15, 0.2) is 11.6 Å². The van der Waals surface area contributed by atoms with Crippen LogP contribution in [0, 0.1) is 22.9 Å². The molecule has 1 aliphatic rings. The maximum absolute atomic E-state index is 15.9. The van der Waals surface area contributed by atoms with E-state index < -0.39 is 35.0 Å². The van der Waals surface area contributed by atoms with Gasteiger partial charge in [0.05, 0.1) is 25.7 Å². The number of alkyl halides is 1. The van der Waals surface area contributed by atoms with Gasteiger partial charge in [-0.3, -0.25) is 9.78 Å². The number of nitrogens with zero attached hydrogens (tertiary/aromatic N) is 2. The molecule has 10 heteroatoms. The van der Waals surface area contributed by atoms with Crippen molar-refractivity contribution in [2.75, 3.05) is 26.7 Å². The van der Waals surface area contributed by atoms with Gasteiger partial charge in [-0.25, -0.2) is 17.6 Å². The standard InChI is InChI=1S/C30H34F4N2O4/c1-40-22-4-5-26-23(15-22)28(20(18-37)17-35-26)24(32)6-7-30(16-27(38)39)8-11-36(12-9-30)10-2-3-19-13-21(31)14-25(33)29(19)34/h4-5,13-15,17,24,37H,2-3,6-12,16,18H2,1H3,(H,38,39)/t24-/m0/s1. The number of ether oxygens (including phenoxy) is 1. The predicted octanol–water partition coefficient (Wildman–Crippen LogP) is 6.13. The number of carboxylic acids is 1. The average molecular weight is 563 g/mol. The number of pyridine rings is 1. The van der Waals surface area contributed by atoms with Gasteiger partial charge in [-0.1, -0.05) is 0 Å². The zero-order valence-electron chi connectivity index (χ0n) is 22.4. The van der Waals surface area contributed by atoms with Crippen LogP contribution < -0.4 is 4.74 Å². The molecule has 0 amide bonds. The fraction of sp³-hybridized carbons (Fsp3) is 0.467. The van der Waals surface area contributed by atoms with Crippen LogP contribution in [0.3, 0.4) is 0 Å². The van der Waals surface area contributed by atoms with Crippen LogP contribution in [0.4, 0.5) is 17.6 Å². The van der Waals surface area contributed by atoms with Crippen LogP contribution in [0.15, 0.2) is 36.5 Å². The number of hydrogen-bond acceptors (Lipinski definition) is 5. The quantitative estimate of drug-likeness (QED) is 0.204. The van der Waals surface area contributed by atoms with Crippen LogP contribution in [0.25, 0.3) is 10.9 Å². The zero-order valence-corrected chi connectivity index (χ0v) is 22.4. The number of carboxylic acid groups (broad SMARTS) is 1. The van der Waals surface area contributed by atoms with Crippen molar-refractivity contribution in [3.05, 3.63) is 70.7 Å². The summed E-state index contributed by atoms with van der Waals surface area (Å²) in [6.07, 6.45) is 2.14. The lowest BCUT2D eigenvalue weighted by Crippen LogP contribution is -2.41. The Bertz CT molecular complexity index is 1340. The maximum Gasteiger partial charge on any atom is 0.303 e. The third-order valence-electron chi connectivity index (χ3n) is 8.04. The van der Waals surface area contributed by atoms with E-state index in [0.717, 1.165) is 6.07 Å². The van der Waals surface area contributed by atoms with E-state index in [2.05, 4.69) is 9.88 Å². The lowest BCUT2D eigenvalue weighted by Gasteiger charge is -2.41. The van der Waals surface area contributed by atoms with Gasteiger partial charge in [0.25, 0.3) is 0 Å². The number of aromatic nitrogens is 1.